The second-order valence-corrected chi connectivity index (χ2v) is 20.3. The average molecular weight is 874 g/mol. The predicted molar refractivity (Wildman–Crippen MR) is 265 cm³/mol. The first kappa shape index (κ1) is 26.2. The number of fused-ring (bicyclic) bond motifs is 6. The quantitative estimate of drug-likeness (QED) is 0.141. The Labute approximate surface area is 400 Å². The van der Waals surface area contributed by atoms with Gasteiger partial charge in [0.05, 0.1) is 42.8 Å². The molecule has 4 aromatic heterocycles. The summed E-state index contributed by atoms with van der Waals surface area (Å²) in [6.07, 6.45) is 5.79. The van der Waals surface area contributed by atoms with Crippen LogP contribution in [0.2, 0.25) is 0 Å². The van der Waals surface area contributed by atoms with Gasteiger partial charge in [-0.25, -0.2) is 15.0 Å². The summed E-state index contributed by atoms with van der Waals surface area (Å²) in [6.45, 7) is 3.93. The number of anilines is 2. The number of benzene rings is 6. The van der Waals surface area contributed by atoms with E-state index in [2.05, 4.69) is 0 Å². The molecule has 2 aliphatic rings. The molecule has 9 heteroatoms. The van der Waals surface area contributed by atoms with E-state index < -0.39 is 115 Å². The van der Waals surface area contributed by atoms with Gasteiger partial charge in [-0.15, -0.1) is 0 Å². The van der Waals surface area contributed by atoms with Crippen molar-refractivity contribution in [2.45, 2.75) is 50.5 Å². The van der Waals surface area contributed by atoms with Crippen LogP contribution in [-0.2, 0) is 5.41 Å². The van der Waals surface area contributed by atoms with E-state index in [1.807, 2.05) is 80.6 Å². The number of aromatic nitrogens is 7. The molecule has 0 spiro atoms. The zero-order chi connectivity index (χ0) is 56.6. The van der Waals surface area contributed by atoms with Crippen molar-refractivity contribution < 1.29 is 20.6 Å². The Bertz CT molecular complexity index is 4170. The SMILES string of the molecule is [2H]c1cc2c3c([2H])c([2H])c([2H])c([2H])c3n(-c3c([2H])c([2H])c([2H])c([2H])c3-c3nc(-c4cccc([Si](c5ccccc5)(c5ccccc5)c5ncccn5)n4)nc(N4c5c([2H])c([2H])c([2H])c([2H])c5C5(C)CCCCC45C)n3)c2c([2H])c1[2H]. The van der Waals surface area contributed by atoms with Crippen LogP contribution in [0.1, 0.15) is 65.7 Å². The molecule has 8 nitrogen and oxygen atoms in total. The second kappa shape index (κ2) is 15.3. The molecule has 10 aromatic rings. The number of hydrogen-bond donors (Lipinski definition) is 0. The molecule has 1 aliphatic carbocycles. The minimum Gasteiger partial charge on any atom is -0.309 e. The molecule has 2 atom stereocenters. The van der Waals surface area contributed by atoms with Crippen molar-refractivity contribution in [2.75, 3.05) is 4.90 Å². The highest BCUT2D eigenvalue weighted by Crippen LogP contribution is 2.60. The van der Waals surface area contributed by atoms with Crippen LogP contribution in [0.3, 0.4) is 0 Å². The first-order valence-electron chi connectivity index (χ1n) is 28.9. The van der Waals surface area contributed by atoms with Gasteiger partial charge >= 0.3 is 0 Å². The monoisotopic (exact) mass is 873 g/mol. The van der Waals surface area contributed by atoms with E-state index in [4.69, 9.17) is 40.9 Å². The zero-order valence-electron chi connectivity index (χ0n) is 50.2. The maximum Gasteiger partial charge on any atom is 0.246 e. The van der Waals surface area contributed by atoms with Crippen LogP contribution in [0, 0.1) is 0 Å². The fourth-order valence-electron chi connectivity index (χ4n) is 10.2. The molecular weight excluding hydrogens is 813 g/mol. The molecule has 0 N–H and O–H groups in total. The van der Waals surface area contributed by atoms with Crippen LogP contribution in [-0.4, -0.2) is 48.1 Å². The van der Waals surface area contributed by atoms with Gasteiger partial charge in [0.1, 0.15) is 11.1 Å². The molecule has 65 heavy (non-hydrogen) atoms. The molecule has 1 saturated carbocycles. The van der Waals surface area contributed by atoms with Crippen LogP contribution >= 0.6 is 0 Å². The maximum atomic E-state index is 9.83. The lowest BCUT2D eigenvalue weighted by molar-refractivity contribution is 0.193. The summed E-state index contributed by atoms with van der Waals surface area (Å²) in [6, 6.07) is 19.3. The molecule has 0 bridgehead atoms. The number of rotatable bonds is 8. The van der Waals surface area contributed by atoms with E-state index in [1.54, 1.807) is 35.5 Å². The van der Waals surface area contributed by atoms with Crippen molar-refractivity contribution in [3.63, 3.8) is 0 Å². The largest absolute Gasteiger partial charge is 0.309 e. The van der Waals surface area contributed by atoms with E-state index >= 15 is 0 Å². The standard InChI is InChI=1S/C56H46N8Si/c1-55-35-17-18-36-56(55,2)64(49-33-16-12-28-44(49)55)53-61-51(43-27-11-15-32-48(43)63-46-30-13-9-25-41(46)42-26-10-14-31-47(42)63)60-52(62-53)45-29-19-34-50(59-45)65(39-21-5-3-6-22-39,40-23-7-4-8-24-40)54-57-37-20-38-58-54/h3-16,19-34,37-38H,17-18,35-36H2,1-2H3/i9D,10D,11D,12D,13D,14D,15D,16D,25D,27D,28D,30D,31D,32D,33D. The van der Waals surface area contributed by atoms with Gasteiger partial charge in [-0.3, -0.25) is 4.98 Å². The summed E-state index contributed by atoms with van der Waals surface area (Å²) in [7, 11) is -3.57. The Hall–Kier alpha value is -7.62. The van der Waals surface area contributed by atoms with Crippen LogP contribution in [0.25, 0.3) is 50.4 Å². The Morgan fingerprint density at radius 3 is 1.98 bits per heavy atom. The van der Waals surface area contributed by atoms with Crippen molar-refractivity contribution in [3.8, 4) is 28.6 Å². The normalized spacial score (nSPS) is 21.4. The number of hydrogen-bond acceptors (Lipinski definition) is 7. The van der Waals surface area contributed by atoms with Gasteiger partial charge in [-0.05, 0) is 84.1 Å². The van der Waals surface area contributed by atoms with Crippen LogP contribution in [0.15, 0.2) is 194 Å². The van der Waals surface area contributed by atoms with Gasteiger partial charge in [0.15, 0.2) is 11.6 Å². The Morgan fingerprint density at radius 1 is 0.554 bits per heavy atom. The zero-order valence-corrected chi connectivity index (χ0v) is 36.2. The third-order valence-electron chi connectivity index (χ3n) is 13.4. The summed E-state index contributed by atoms with van der Waals surface area (Å²) in [5.41, 5.74) is -2.23. The minimum atomic E-state index is -3.57. The summed E-state index contributed by atoms with van der Waals surface area (Å²) in [5, 5.41) is 2.13. The van der Waals surface area contributed by atoms with Crippen molar-refractivity contribution >= 4 is 62.7 Å². The van der Waals surface area contributed by atoms with Crippen molar-refractivity contribution in [3.05, 3.63) is 200 Å². The lowest BCUT2D eigenvalue weighted by Gasteiger charge is -2.49. The average Bonchev–Trinajstić information content (AvgIpc) is 4.17. The lowest BCUT2D eigenvalue weighted by Crippen LogP contribution is -2.77. The van der Waals surface area contributed by atoms with Gasteiger partial charge < -0.3 is 9.47 Å². The minimum absolute atomic E-state index is 0.0476. The molecule has 1 aliphatic heterocycles. The molecular formula is C56H46N8Si. The Balaban J connectivity index is 1.24. The molecule has 0 radical (unpaired) electrons. The van der Waals surface area contributed by atoms with Crippen LogP contribution in [0.4, 0.5) is 11.6 Å². The second-order valence-electron chi connectivity index (χ2n) is 16.7. The molecule has 5 heterocycles. The Morgan fingerprint density at radius 2 is 1.20 bits per heavy atom. The Kier molecular flexibility index (Phi) is 6.17. The molecule has 0 saturated heterocycles. The van der Waals surface area contributed by atoms with E-state index in [9.17, 15) is 9.60 Å². The fourth-order valence-corrected chi connectivity index (χ4v) is 14.4. The van der Waals surface area contributed by atoms with Crippen molar-refractivity contribution in [1.29, 1.82) is 0 Å². The third kappa shape index (κ3) is 5.88. The van der Waals surface area contributed by atoms with Gasteiger partial charge in [0, 0.05) is 45.1 Å². The highest BCUT2D eigenvalue weighted by Gasteiger charge is 2.58. The highest BCUT2D eigenvalue weighted by molar-refractivity contribution is 7.18. The highest BCUT2D eigenvalue weighted by atomic mass is 28.3. The van der Waals surface area contributed by atoms with Gasteiger partial charge in [-0.2, -0.15) is 9.97 Å². The molecule has 0 amide bonds. The van der Waals surface area contributed by atoms with Crippen molar-refractivity contribution in [2.24, 2.45) is 0 Å². The fraction of sp³-hybridized carbons (Fsp3) is 0.143. The topological polar surface area (TPSA) is 85.5 Å². The van der Waals surface area contributed by atoms with Gasteiger partial charge in [0.2, 0.25) is 14.0 Å². The summed E-state index contributed by atoms with van der Waals surface area (Å²) < 4.78 is 139. The van der Waals surface area contributed by atoms with Crippen LogP contribution in [0.5, 0.6) is 0 Å². The van der Waals surface area contributed by atoms with Crippen LogP contribution < -0.4 is 26.0 Å². The van der Waals surface area contributed by atoms with Crippen molar-refractivity contribution in [1.82, 2.24) is 34.5 Å². The van der Waals surface area contributed by atoms with Gasteiger partial charge in [0.25, 0.3) is 0 Å². The molecule has 1 fully saturated rings. The van der Waals surface area contributed by atoms with E-state index in [1.165, 1.54) is 6.07 Å². The third-order valence-corrected chi connectivity index (χ3v) is 17.8. The van der Waals surface area contributed by atoms with Gasteiger partial charge in [-0.1, -0.05) is 153 Å². The number of nitrogens with zero attached hydrogens (tertiary/aromatic N) is 8. The lowest BCUT2D eigenvalue weighted by atomic mass is 9.61. The predicted octanol–water partition coefficient (Wildman–Crippen LogP) is 9.61. The summed E-state index contributed by atoms with van der Waals surface area (Å²) in [5.74, 6) is -0.689. The molecule has 6 aromatic carbocycles. The summed E-state index contributed by atoms with van der Waals surface area (Å²) in [4.78, 5) is 32.4. The smallest absolute Gasteiger partial charge is 0.246 e. The molecule has 2 unspecified atom stereocenters. The number of para-hydroxylation sites is 4. The van der Waals surface area contributed by atoms with E-state index in [0.29, 0.717) is 35.6 Å². The maximum absolute atomic E-state index is 9.83. The molecule has 314 valence electrons. The van der Waals surface area contributed by atoms with E-state index in [0.717, 1.165) is 21.4 Å². The first-order chi connectivity index (χ1) is 38.2. The summed E-state index contributed by atoms with van der Waals surface area (Å²) >= 11 is 0. The molecule has 12 rings (SSSR count). The van der Waals surface area contributed by atoms with E-state index in [-0.39, 0.29) is 57.0 Å². The number of pyridine rings is 1. The first-order valence-corrected chi connectivity index (χ1v) is 23.4.